The number of nitrogens with one attached hydrogen (secondary N) is 2. The molecule has 0 saturated carbocycles. The van der Waals surface area contributed by atoms with Crippen LogP contribution in [0.2, 0.25) is 0 Å². The summed E-state index contributed by atoms with van der Waals surface area (Å²) in [6.45, 7) is 0.259. The van der Waals surface area contributed by atoms with Crippen LogP contribution >= 0.6 is 0 Å². The van der Waals surface area contributed by atoms with Crippen LogP contribution in [0.5, 0.6) is 17.2 Å². The average molecular weight is 409 g/mol. The lowest BCUT2D eigenvalue weighted by Gasteiger charge is -2.16. The van der Waals surface area contributed by atoms with E-state index >= 15 is 0 Å². The first kappa shape index (κ1) is 22.4. The number of rotatable bonds is 10. The molecule has 2 N–H and O–H groups in total. The number of hydrogen-bond donors (Lipinski definition) is 2. The highest BCUT2D eigenvalue weighted by molar-refractivity contribution is 5.76. The van der Waals surface area contributed by atoms with E-state index in [-0.39, 0.29) is 30.5 Å². The van der Waals surface area contributed by atoms with E-state index in [2.05, 4.69) is 16.1 Å². The number of methoxy groups -OCH3 is 2. The number of carbonyl (C=O) groups excluding carboxylic acids is 1. The van der Waals surface area contributed by atoms with Crippen molar-refractivity contribution in [1.29, 1.82) is 0 Å². The molecule has 0 heterocycles. The number of hydrogen-bond acceptors (Lipinski definition) is 4. The number of ether oxygens (including phenoxy) is 3. The summed E-state index contributed by atoms with van der Waals surface area (Å²) in [5.74, 6) is 0.815. The van der Waals surface area contributed by atoms with E-state index in [0.29, 0.717) is 6.54 Å². The molecular weight excluding hydrogens is 382 g/mol. The lowest BCUT2D eigenvalue weighted by atomic mass is 10.1. The molecule has 0 spiro atoms. The van der Waals surface area contributed by atoms with Gasteiger partial charge in [0.15, 0.2) is 18.0 Å². The molecule has 29 heavy (non-hydrogen) atoms. The predicted molar refractivity (Wildman–Crippen MR) is 105 cm³/mol. The first-order chi connectivity index (χ1) is 13.8. The number of aryl methyl sites for hydroxylation is 1. The molecule has 1 atom stereocenters. The van der Waals surface area contributed by atoms with Gasteiger partial charge >= 0.3 is 6.61 Å². The van der Waals surface area contributed by atoms with E-state index in [1.54, 1.807) is 19.2 Å². The van der Waals surface area contributed by atoms with E-state index in [1.165, 1.54) is 13.2 Å². The van der Waals surface area contributed by atoms with Crippen LogP contribution in [0.25, 0.3) is 0 Å². The van der Waals surface area contributed by atoms with Gasteiger partial charge in [0.05, 0.1) is 21.3 Å². The molecule has 1 unspecified atom stereocenters. The van der Waals surface area contributed by atoms with Gasteiger partial charge in [-0.1, -0.05) is 17.7 Å². The standard InChI is InChI=1S/C21H26F2N2O4/c1-14-5-7-17(27-3)16(9-14)12-25(2)13-20(26)24-11-15-6-8-18(29-21(22)23)19(10-15)28-4/h5-10,21H,11-13H2,1-4H3,(H,24,26)/p+1. The zero-order valence-corrected chi connectivity index (χ0v) is 17.1. The maximum atomic E-state index is 12.4. The van der Waals surface area contributed by atoms with Crippen molar-refractivity contribution >= 4 is 5.91 Å². The SMILES string of the molecule is COc1ccc(C)cc1C[NH+](C)CC(=O)NCc1ccc(OC(F)F)c(OC)c1. The van der Waals surface area contributed by atoms with Gasteiger partial charge in [0, 0.05) is 12.1 Å². The summed E-state index contributed by atoms with van der Waals surface area (Å²) in [6, 6.07) is 10.5. The molecular formula is C21H27F2N2O4+. The monoisotopic (exact) mass is 409 g/mol. The highest BCUT2D eigenvalue weighted by atomic mass is 19.3. The molecule has 2 rings (SSSR count). The minimum atomic E-state index is -2.93. The van der Waals surface area contributed by atoms with Crippen LogP contribution in [0.1, 0.15) is 16.7 Å². The van der Waals surface area contributed by atoms with Crippen molar-refractivity contribution in [3.05, 3.63) is 53.1 Å². The summed E-state index contributed by atoms with van der Waals surface area (Å²) in [4.78, 5) is 13.3. The fourth-order valence-corrected chi connectivity index (χ4v) is 2.99. The van der Waals surface area contributed by atoms with Crippen LogP contribution in [-0.2, 0) is 17.9 Å². The van der Waals surface area contributed by atoms with Crippen molar-refractivity contribution in [2.24, 2.45) is 0 Å². The van der Waals surface area contributed by atoms with Gasteiger partial charge in [-0.05, 0) is 36.8 Å². The van der Waals surface area contributed by atoms with Crippen LogP contribution in [0.4, 0.5) is 8.78 Å². The summed E-state index contributed by atoms with van der Waals surface area (Å²) in [5, 5.41) is 2.83. The van der Waals surface area contributed by atoms with Crippen molar-refractivity contribution in [3.63, 3.8) is 0 Å². The van der Waals surface area contributed by atoms with Crippen molar-refractivity contribution in [3.8, 4) is 17.2 Å². The number of benzene rings is 2. The van der Waals surface area contributed by atoms with Crippen LogP contribution in [0.3, 0.4) is 0 Å². The Kier molecular flexibility index (Phi) is 8.21. The number of amides is 1. The summed E-state index contributed by atoms with van der Waals surface area (Å²) in [5.41, 5.74) is 2.89. The Hall–Kier alpha value is -2.87. The van der Waals surface area contributed by atoms with Gasteiger partial charge in [0.1, 0.15) is 12.3 Å². The van der Waals surface area contributed by atoms with Crippen molar-refractivity contribution in [1.82, 2.24) is 5.32 Å². The fourth-order valence-electron chi connectivity index (χ4n) is 2.99. The molecule has 0 saturated heterocycles. The summed E-state index contributed by atoms with van der Waals surface area (Å²) in [7, 11) is 4.93. The number of alkyl halides is 2. The minimum absolute atomic E-state index is 0.0474. The molecule has 158 valence electrons. The van der Waals surface area contributed by atoms with E-state index in [4.69, 9.17) is 9.47 Å². The van der Waals surface area contributed by atoms with Gasteiger partial charge < -0.3 is 24.4 Å². The van der Waals surface area contributed by atoms with E-state index < -0.39 is 6.61 Å². The van der Waals surface area contributed by atoms with Gasteiger partial charge in [-0.25, -0.2) is 0 Å². The predicted octanol–water partition coefficient (Wildman–Crippen LogP) is 1.94. The highest BCUT2D eigenvalue weighted by Gasteiger charge is 2.15. The fraction of sp³-hybridized carbons (Fsp3) is 0.381. The lowest BCUT2D eigenvalue weighted by Crippen LogP contribution is -3.08. The van der Waals surface area contributed by atoms with E-state index in [1.807, 2.05) is 26.1 Å². The van der Waals surface area contributed by atoms with Crippen molar-refractivity contribution in [2.75, 3.05) is 27.8 Å². The van der Waals surface area contributed by atoms with Gasteiger partial charge in [-0.15, -0.1) is 0 Å². The molecule has 0 fully saturated rings. The van der Waals surface area contributed by atoms with Crippen molar-refractivity contribution < 1.29 is 32.7 Å². The first-order valence-electron chi connectivity index (χ1n) is 9.15. The Morgan fingerprint density at radius 3 is 2.41 bits per heavy atom. The van der Waals surface area contributed by atoms with Crippen LogP contribution in [0, 0.1) is 6.92 Å². The number of likely N-dealkylation sites (N-methyl/N-ethyl adjacent to an activating group) is 1. The summed E-state index contributed by atoms with van der Waals surface area (Å²) >= 11 is 0. The topological polar surface area (TPSA) is 61.2 Å². The Labute approximate surface area is 169 Å². The third-order valence-corrected chi connectivity index (χ3v) is 4.32. The Bertz CT molecular complexity index is 830. The third kappa shape index (κ3) is 6.90. The smallest absolute Gasteiger partial charge is 0.387 e. The highest BCUT2D eigenvalue weighted by Crippen LogP contribution is 2.29. The van der Waals surface area contributed by atoms with Gasteiger partial charge in [0.2, 0.25) is 0 Å². The maximum absolute atomic E-state index is 12.4. The number of quaternary nitrogens is 1. The van der Waals surface area contributed by atoms with Gasteiger partial charge in [-0.3, -0.25) is 4.79 Å². The zero-order valence-electron chi connectivity index (χ0n) is 17.1. The molecule has 0 aromatic heterocycles. The lowest BCUT2D eigenvalue weighted by molar-refractivity contribution is -0.885. The molecule has 2 aromatic carbocycles. The van der Waals surface area contributed by atoms with Gasteiger partial charge in [-0.2, -0.15) is 8.78 Å². The first-order valence-corrected chi connectivity index (χ1v) is 9.15. The van der Waals surface area contributed by atoms with Crippen LogP contribution in [0.15, 0.2) is 36.4 Å². The van der Waals surface area contributed by atoms with E-state index in [0.717, 1.165) is 27.3 Å². The van der Waals surface area contributed by atoms with E-state index in [9.17, 15) is 13.6 Å². The molecule has 2 aromatic rings. The maximum Gasteiger partial charge on any atom is 0.387 e. The van der Waals surface area contributed by atoms with Crippen molar-refractivity contribution in [2.45, 2.75) is 26.6 Å². The Balaban J connectivity index is 1.90. The minimum Gasteiger partial charge on any atom is -0.496 e. The molecule has 1 amide bonds. The summed E-state index contributed by atoms with van der Waals surface area (Å²) < 4.78 is 39.6. The molecule has 0 radical (unpaired) electrons. The van der Waals surface area contributed by atoms with Crippen LogP contribution in [-0.4, -0.2) is 40.3 Å². The number of carbonyl (C=O) groups is 1. The zero-order chi connectivity index (χ0) is 21.4. The average Bonchev–Trinajstić information content (AvgIpc) is 2.66. The summed E-state index contributed by atoms with van der Waals surface area (Å²) in [6.07, 6.45) is 0. The molecule has 0 aliphatic heterocycles. The molecule has 0 aliphatic carbocycles. The second kappa shape index (κ2) is 10.6. The largest absolute Gasteiger partial charge is 0.496 e. The normalized spacial score (nSPS) is 11.8. The second-order valence-corrected chi connectivity index (χ2v) is 6.77. The third-order valence-electron chi connectivity index (χ3n) is 4.32. The van der Waals surface area contributed by atoms with Crippen LogP contribution < -0.4 is 24.4 Å². The van der Waals surface area contributed by atoms with Gasteiger partial charge in [0.25, 0.3) is 5.91 Å². The molecule has 8 heteroatoms. The Morgan fingerprint density at radius 1 is 1.07 bits per heavy atom. The second-order valence-electron chi connectivity index (χ2n) is 6.77. The molecule has 0 bridgehead atoms. The Morgan fingerprint density at radius 2 is 1.76 bits per heavy atom. The molecule has 6 nitrogen and oxygen atoms in total. The quantitative estimate of drug-likeness (QED) is 0.630. The molecule has 0 aliphatic rings. The number of halogens is 2.